The van der Waals surface area contributed by atoms with Gasteiger partial charge in [0, 0.05) is 12.6 Å². The van der Waals surface area contributed by atoms with E-state index in [4.69, 9.17) is 0 Å². The van der Waals surface area contributed by atoms with Crippen LogP contribution in [0.15, 0.2) is 41.3 Å². The Labute approximate surface area is 247 Å². The second kappa shape index (κ2) is 12.5. The quantitative estimate of drug-likeness (QED) is 0.119. The first-order valence-corrected chi connectivity index (χ1v) is 14.4. The molecule has 0 spiro atoms. The highest BCUT2D eigenvalue weighted by Crippen LogP contribution is 2.40. The molecule has 3 aromatic rings. The lowest BCUT2D eigenvalue weighted by Crippen LogP contribution is -2.54. The zero-order valence-corrected chi connectivity index (χ0v) is 23.4. The maximum Gasteiger partial charge on any atom is 0.339 e. The molecule has 0 radical (unpaired) electrons. The van der Waals surface area contributed by atoms with E-state index < -0.39 is 74.7 Å². The molecular formula is C30H26F6N2O4S. The molecule has 13 heteroatoms. The highest BCUT2D eigenvalue weighted by atomic mass is 32.2. The van der Waals surface area contributed by atoms with Gasteiger partial charge in [-0.15, -0.1) is 0 Å². The number of aromatic carboxylic acids is 1. The average molecular weight is 625 g/mol. The molecule has 1 amide bonds. The smallest absolute Gasteiger partial charge is 0.339 e. The van der Waals surface area contributed by atoms with Gasteiger partial charge in [-0.05, 0) is 54.3 Å². The summed E-state index contributed by atoms with van der Waals surface area (Å²) in [5, 5.41) is 19.5. The number of halogens is 6. The highest BCUT2D eigenvalue weighted by molar-refractivity contribution is 7.97. The molecule has 0 unspecified atom stereocenters. The van der Waals surface area contributed by atoms with E-state index in [9.17, 15) is 41.8 Å². The Morgan fingerprint density at radius 3 is 2.02 bits per heavy atom. The molecule has 1 saturated heterocycles. The molecule has 1 aliphatic carbocycles. The third kappa shape index (κ3) is 6.05. The van der Waals surface area contributed by atoms with Gasteiger partial charge in [-0.1, -0.05) is 43.5 Å². The molecule has 2 N–H and O–H groups in total. The summed E-state index contributed by atoms with van der Waals surface area (Å²) in [4.78, 5) is 25.0. The first-order chi connectivity index (χ1) is 20.5. The number of carboxylic acid groups (broad SMARTS) is 1. The highest BCUT2D eigenvalue weighted by Gasteiger charge is 2.41. The van der Waals surface area contributed by atoms with Crippen LogP contribution in [-0.4, -0.2) is 39.0 Å². The van der Waals surface area contributed by atoms with E-state index in [1.54, 1.807) is 12.1 Å². The van der Waals surface area contributed by atoms with Crippen molar-refractivity contribution in [2.75, 3.05) is 11.4 Å². The Hall–Kier alpha value is -3.71. The number of carbonyl (C=O) groups excluding carboxylic acids is 1. The lowest BCUT2D eigenvalue weighted by molar-refractivity contribution is -0.124. The molecule has 1 aliphatic heterocycles. The zero-order valence-electron chi connectivity index (χ0n) is 22.6. The van der Waals surface area contributed by atoms with Gasteiger partial charge in [-0.25, -0.2) is 35.4 Å². The van der Waals surface area contributed by atoms with E-state index in [2.05, 4.69) is 0 Å². The first kappa shape index (κ1) is 30.7. The summed E-state index contributed by atoms with van der Waals surface area (Å²) in [6.45, 7) is -0.180. The Balaban J connectivity index is 1.45. The minimum Gasteiger partial charge on any atom is -0.507 e. The SMILES string of the molecule is O=C(O)c1cc(F)c(N(Cc2ccc(C3CCCCC3)cc2)C(=O)[C@H]2CCN2Sc2c(F)c(F)c(F)c(F)c2F)cc1O. The normalized spacial score (nSPS) is 17.5. The molecular weight excluding hydrogens is 598 g/mol. The summed E-state index contributed by atoms with van der Waals surface area (Å²) in [5.74, 6) is -14.6. The van der Waals surface area contributed by atoms with Crippen molar-refractivity contribution in [2.45, 2.75) is 61.9 Å². The molecule has 0 aromatic heterocycles. The number of benzene rings is 3. The monoisotopic (exact) mass is 624 g/mol. The van der Waals surface area contributed by atoms with Gasteiger partial charge in [0.25, 0.3) is 0 Å². The predicted octanol–water partition coefficient (Wildman–Crippen LogP) is 7.29. The van der Waals surface area contributed by atoms with Crippen LogP contribution < -0.4 is 4.90 Å². The van der Waals surface area contributed by atoms with Crippen molar-refractivity contribution in [1.82, 2.24) is 4.31 Å². The number of carboxylic acids is 1. The molecule has 43 heavy (non-hydrogen) atoms. The van der Waals surface area contributed by atoms with Crippen molar-refractivity contribution in [1.29, 1.82) is 0 Å². The van der Waals surface area contributed by atoms with E-state index in [0.29, 0.717) is 17.5 Å². The number of anilines is 1. The average Bonchev–Trinajstić information content (AvgIpc) is 2.99. The fraction of sp³-hybridized carbons (Fsp3) is 0.333. The van der Waals surface area contributed by atoms with Gasteiger partial charge in [0.1, 0.15) is 28.1 Å². The standard InChI is InChI=1S/C30H26F6N2O4S/c31-19-12-18(30(41)42)22(39)13-21(19)37(14-15-6-8-17(9-7-15)16-4-2-1-3-5-16)29(40)20-10-11-38(20)43-28-26(35)24(33)23(32)25(34)27(28)36/h6-9,12-13,16,20,39H,1-5,10-11,14H2,(H,41,42)/t20-/m1/s1. The first-order valence-electron chi connectivity index (χ1n) is 13.6. The lowest BCUT2D eigenvalue weighted by atomic mass is 9.84. The van der Waals surface area contributed by atoms with Crippen LogP contribution in [0.1, 0.15) is 65.9 Å². The van der Waals surface area contributed by atoms with Crippen LogP contribution in [0.5, 0.6) is 5.75 Å². The van der Waals surface area contributed by atoms with Crippen LogP contribution in [0.3, 0.4) is 0 Å². The molecule has 2 aliphatic rings. The number of carbonyl (C=O) groups is 2. The van der Waals surface area contributed by atoms with Gasteiger partial charge in [-0.3, -0.25) is 4.79 Å². The van der Waals surface area contributed by atoms with E-state index in [1.165, 1.54) is 6.42 Å². The van der Waals surface area contributed by atoms with Gasteiger partial charge in [-0.2, -0.15) is 0 Å². The number of aromatic hydroxyl groups is 1. The van der Waals surface area contributed by atoms with Crippen LogP contribution >= 0.6 is 11.9 Å². The zero-order chi connectivity index (χ0) is 31.0. The number of amides is 1. The molecule has 3 aromatic carbocycles. The number of nitrogens with zero attached hydrogens (tertiary/aromatic N) is 2. The van der Waals surface area contributed by atoms with Gasteiger partial charge in [0.2, 0.25) is 11.7 Å². The summed E-state index contributed by atoms with van der Waals surface area (Å²) in [6, 6.07) is 7.59. The third-order valence-electron chi connectivity index (χ3n) is 7.88. The van der Waals surface area contributed by atoms with Crippen molar-refractivity contribution in [3.8, 4) is 5.75 Å². The van der Waals surface area contributed by atoms with Crippen molar-refractivity contribution in [3.05, 3.63) is 88.0 Å². The van der Waals surface area contributed by atoms with Crippen molar-refractivity contribution < 1.29 is 46.1 Å². The summed E-state index contributed by atoms with van der Waals surface area (Å²) in [5.41, 5.74) is 0.530. The van der Waals surface area contributed by atoms with Crippen molar-refractivity contribution in [3.63, 3.8) is 0 Å². The minimum absolute atomic E-state index is 0.0379. The van der Waals surface area contributed by atoms with E-state index in [-0.39, 0.29) is 31.5 Å². The molecule has 6 nitrogen and oxygen atoms in total. The lowest BCUT2D eigenvalue weighted by Gasteiger charge is -2.41. The molecule has 5 rings (SSSR count). The topological polar surface area (TPSA) is 81.1 Å². The van der Waals surface area contributed by atoms with Gasteiger partial charge >= 0.3 is 5.97 Å². The van der Waals surface area contributed by atoms with Crippen LogP contribution in [0.25, 0.3) is 0 Å². The number of phenols is 1. The second-order valence-corrected chi connectivity index (χ2v) is 11.6. The number of rotatable bonds is 8. The fourth-order valence-electron chi connectivity index (χ4n) is 5.41. The van der Waals surface area contributed by atoms with Crippen LogP contribution in [0, 0.1) is 34.9 Å². The van der Waals surface area contributed by atoms with E-state index in [0.717, 1.165) is 46.5 Å². The maximum absolute atomic E-state index is 15.3. The van der Waals surface area contributed by atoms with Gasteiger partial charge in [0.15, 0.2) is 23.3 Å². The second-order valence-electron chi connectivity index (χ2n) is 10.6. The number of hydrogen-bond donors (Lipinski definition) is 2. The molecule has 1 atom stereocenters. The summed E-state index contributed by atoms with van der Waals surface area (Å²) in [6.07, 6.45) is 5.67. The molecule has 1 heterocycles. The molecule has 228 valence electrons. The summed E-state index contributed by atoms with van der Waals surface area (Å²) in [7, 11) is 0. The van der Waals surface area contributed by atoms with Crippen LogP contribution in [0.2, 0.25) is 0 Å². The largest absolute Gasteiger partial charge is 0.507 e. The van der Waals surface area contributed by atoms with Crippen molar-refractivity contribution >= 4 is 29.5 Å². The molecule has 2 fully saturated rings. The Morgan fingerprint density at radius 2 is 1.47 bits per heavy atom. The Kier molecular flexibility index (Phi) is 8.93. The molecule has 0 bridgehead atoms. The number of hydrogen-bond acceptors (Lipinski definition) is 5. The van der Waals surface area contributed by atoms with E-state index in [1.807, 2.05) is 12.1 Å². The minimum atomic E-state index is -2.31. The molecule has 1 saturated carbocycles. The van der Waals surface area contributed by atoms with Crippen molar-refractivity contribution in [2.24, 2.45) is 0 Å². The third-order valence-corrected chi connectivity index (χ3v) is 9.10. The fourth-order valence-corrected chi connectivity index (χ4v) is 6.50. The Morgan fingerprint density at radius 1 is 0.860 bits per heavy atom. The van der Waals surface area contributed by atoms with Crippen LogP contribution in [0.4, 0.5) is 32.0 Å². The predicted molar refractivity (Wildman–Crippen MR) is 146 cm³/mol. The van der Waals surface area contributed by atoms with Gasteiger partial charge < -0.3 is 15.1 Å². The maximum atomic E-state index is 15.3. The summed E-state index contributed by atoms with van der Waals surface area (Å²) < 4.78 is 86.1. The van der Waals surface area contributed by atoms with Gasteiger partial charge in [0.05, 0.1) is 12.2 Å². The van der Waals surface area contributed by atoms with Crippen LogP contribution in [-0.2, 0) is 11.3 Å². The Bertz CT molecular complexity index is 1540. The summed E-state index contributed by atoms with van der Waals surface area (Å²) >= 11 is 0.176. The van der Waals surface area contributed by atoms with E-state index >= 15 is 4.39 Å².